The molecule has 1 aliphatic rings. The third-order valence-electron chi connectivity index (χ3n) is 1.97. The summed E-state index contributed by atoms with van der Waals surface area (Å²) in [6.07, 6.45) is 6.27. The van der Waals surface area contributed by atoms with Crippen LogP contribution >= 0.6 is 12.6 Å². The number of hydrogen-bond acceptors (Lipinski definition) is 1. The lowest BCUT2D eigenvalue weighted by Gasteiger charge is -2.16. The van der Waals surface area contributed by atoms with Crippen molar-refractivity contribution < 1.29 is 0 Å². The third-order valence-corrected chi connectivity index (χ3v) is 2.38. The van der Waals surface area contributed by atoms with Crippen molar-refractivity contribution in [1.82, 2.24) is 0 Å². The van der Waals surface area contributed by atoms with Gasteiger partial charge >= 0.3 is 0 Å². The minimum atomic E-state index is 0.911. The second kappa shape index (κ2) is 3.31. The Morgan fingerprint density at radius 2 is 2.56 bits per heavy atom. The van der Waals surface area contributed by atoms with Crippen LogP contribution in [0, 0.1) is 5.92 Å². The van der Waals surface area contributed by atoms with Crippen LogP contribution < -0.4 is 0 Å². The zero-order valence-electron chi connectivity index (χ0n) is 5.93. The van der Waals surface area contributed by atoms with Gasteiger partial charge in [0, 0.05) is 5.75 Å². The Labute approximate surface area is 62.8 Å². The average Bonchev–Trinajstić information content (AvgIpc) is 1.90. The highest BCUT2D eigenvalue weighted by molar-refractivity contribution is 7.80. The maximum Gasteiger partial charge on any atom is 0.0112 e. The molecule has 0 nitrogen and oxygen atoms in total. The molecular formula is C8H14S. The summed E-state index contributed by atoms with van der Waals surface area (Å²) in [5.74, 6) is 1.88. The summed E-state index contributed by atoms with van der Waals surface area (Å²) < 4.78 is 0. The van der Waals surface area contributed by atoms with Crippen molar-refractivity contribution in [2.24, 2.45) is 5.92 Å². The van der Waals surface area contributed by atoms with E-state index in [1.807, 2.05) is 0 Å². The predicted molar refractivity (Wildman–Crippen MR) is 45.0 cm³/mol. The fraction of sp³-hybridized carbons (Fsp3) is 0.750. The highest BCUT2D eigenvalue weighted by Crippen LogP contribution is 2.22. The summed E-state index contributed by atoms with van der Waals surface area (Å²) in [6, 6.07) is 0. The van der Waals surface area contributed by atoms with Gasteiger partial charge in [0.15, 0.2) is 0 Å². The monoisotopic (exact) mass is 142 g/mol. The van der Waals surface area contributed by atoms with Gasteiger partial charge in [-0.3, -0.25) is 0 Å². The zero-order valence-corrected chi connectivity index (χ0v) is 6.82. The molecule has 1 heteroatoms. The number of hydrogen-bond donors (Lipinski definition) is 1. The van der Waals surface area contributed by atoms with Crippen LogP contribution in [-0.2, 0) is 0 Å². The van der Waals surface area contributed by atoms with Crippen LogP contribution in [0.1, 0.15) is 26.2 Å². The Bertz CT molecular complexity index is 116. The van der Waals surface area contributed by atoms with Crippen LogP contribution in [0.25, 0.3) is 0 Å². The Hall–Kier alpha value is 0.0900. The maximum atomic E-state index is 4.22. The van der Waals surface area contributed by atoms with Crippen molar-refractivity contribution in [2.45, 2.75) is 26.2 Å². The zero-order chi connectivity index (χ0) is 6.69. The Morgan fingerprint density at radius 1 is 1.78 bits per heavy atom. The van der Waals surface area contributed by atoms with Gasteiger partial charge in [-0.1, -0.05) is 18.6 Å². The van der Waals surface area contributed by atoms with Gasteiger partial charge < -0.3 is 0 Å². The molecule has 0 spiro atoms. The number of allylic oxidation sites excluding steroid dienone is 1. The van der Waals surface area contributed by atoms with Crippen LogP contribution in [0.4, 0.5) is 0 Å². The van der Waals surface area contributed by atoms with Gasteiger partial charge in [-0.15, -0.1) is 0 Å². The SMILES string of the molecule is CC1CC=C(CS)CC1. The van der Waals surface area contributed by atoms with Gasteiger partial charge in [-0.25, -0.2) is 0 Å². The van der Waals surface area contributed by atoms with Crippen molar-refractivity contribution in [1.29, 1.82) is 0 Å². The minimum Gasteiger partial charge on any atom is -0.175 e. The molecule has 0 fully saturated rings. The smallest absolute Gasteiger partial charge is 0.0112 e. The lowest BCUT2D eigenvalue weighted by atomic mass is 9.92. The van der Waals surface area contributed by atoms with Gasteiger partial charge in [0.25, 0.3) is 0 Å². The van der Waals surface area contributed by atoms with E-state index in [1.54, 1.807) is 0 Å². The Balaban J connectivity index is 2.40. The van der Waals surface area contributed by atoms with E-state index in [0.29, 0.717) is 0 Å². The second-order valence-corrected chi connectivity index (χ2v) is 3.22. The first kappa shape index (κ1) is 7.20. The fourth-order valence-corrected chi connectivity index (χ4v) is 1.45. The van der Waals surface area contributed by atoms with E-state index in [0.717, 1.165) is 11.7 Å². The summed E-state index contributed by atoms with van der Waals surface area (Å²) in [5.41, 5.74) is 1.54. The highest BCUT2D eigenvalue weighted by Gasteiger charge is 2.07. The normalized spacial score (nSPS) is 27.8. The van der Waals surface area contributed by atoms with Crippen LogP contribution in [0.5, 0.6) is 0 Å². The van der Waals surface area contributed by atoms with Crippen molar-refractivity contribution in [3.63, 3.8) is 0 Å². The molecule has 52 valence electrons. The lowest BCUT2D eigenvalue weighted by molar-refractivity contribution is 0.515. The van der Waals surface area contributed by atoms with Gasteiger partial charge in [0.05, 0.1) is 0 Å². The van der Waals surface area contributed by atoms with Gasteiger partial charge in [0.1, 0.15) is 0 Å². The molecule has 0 aromatic heterocycles. The van der Waals surface area contributed by atoms with E-state index >= 15 is 0 Å². The van der Waals surface area contributed by atoms with Crippen LogP contribution in [-0.4, -0.2) is 5.75 Å². The molecule has 1 rings (SSSR count). The van der Waals surface area contributed by atoms with Crippen molar-refractivity contribution >= 4 is 12.6 Å². The van der Waals surface area contributed by atoms with Crippen LogP contribution in [0.15, 0.2) is 11.6 Å². The molecule has 1 unspecified atom stereocenters. The molecule has 1 aliphatic carbocycles. The molecule has 0 aromatic rings. The summed E-state index contributed by atoms with van der Waals surface area (Å²) in [4.78, 5) is 0. The van der Waals surface area contributed by atoms with Crippen molar-refractivity contribution in [2.75, 3.05) is 5.75 Å². The Kier molecular flexibility index (Phi) is 2.65. The van der Waals surface area contributed by atoms with Gasteiger partial charge in [-0.05, 0) is 25.2 Å². The topological polar surface area (TPSA) is 0 Å². The van der Waals surface area contributed by atoms with Gasteiger partial charge in [0.2, 0.25) is 0 Å². The lowest BCUT2D eigenvalue weighted by Crippen LogP contribution is -2.01. The van der Waals surface area contributed by atoms with E-state index in [2.05, 4.69) is 25.6 Å². The second-order valence-electron chi connectivity index (χ2n) is 2.90. The molecule has 0 radical (unpaired) electrons. The molecule has 1 atom stereocenters. The molecule has 0 bridgehead atoms. The molecule has 0 aromatic carbocycles. The van der Waals surface area contributed by atoms with E-state index < -0.39 is 0 Å². The first-order valence-corrected chi connectivity index (χ1v) is 4.25. The summed E-state index contributed by atoms with van der Waals surface area (Å²) in [6.45, 7) is 2.31. The van der Waals surface area contributed by atoms with Crippen LogP contribution in [0.3, 0.4) is 0 Å². The molecule has 0 amide bonds. The quantitative estimate of drug-likeness (QED) is 0.422. The Morgan fingerprint density at radius 3 is 3.00 bits per heavy atom. The third kappa shape index (κ3) is 2.05. The average molecular weight is 142 g/mol. The molecule has 0 N–H and O–H groups in total. The largest absolute Gasteiger partial charge is 0.175 e. The first-order chi connectivity index (χ1) is 4.33. The summed E-state index contributed by atoms with van der Waals surface area (Å²) >= 11 is 4.22. The van der Waals surface area contributed by atoms with E-state index in [1.165, 1.54) is 24.8 Å². The van der Waals surface area contributed by atoms with Crippen molar-refractivity contribution in [3.8, 4) is 0 Å². The summed E-state index contributed by atoms with van der Waals surface area (Å²) in [5, 5.41) is 0. The van der Waals surface area contributed by atoms with Gasteiger partial charge in [-0.2, -0.15) is 12.6 Å². The standard InChI is InChI=1S/C8H14S/c1-7-2-4-8(6-9)5-3-7/h4,7,9H,2-3,5-6H2,1H3. The van der Waals surface area contributed by atoms with E-state index in [-0.39, 0.29) is 0 Å². The molecule has 0 heterocycles. The highest BCUT2D eigenvalue weighted by atomic mass is 32.1. The van der Waals surface area contributed by atoms with E-state index in [9.17, 15) is 0 Å². The first-order valence-electron chi connectivity index (χ1n) is 3.61. The molecule has 9 heavy (non-hydrogen) atoms. The predicted octanol–water partition coefficient (Wildman–Crippen LogP) is 2.66. The summed E-state index contributed by atoms with van der Waals surface area (Å²) in [7, 11) is 0. The van der Waals surface area contributed by atoms with E-state index in [4.69, 9.17) is 0 Å². The maximum absolute atomic E-state index is 4.22. The number of rotatable bonds is 1. The number of thiol groups is 1. The minimum absolute atomic E-state index is 0.911. The molecule has 0 saturated carbocycles. The van der Waals surface area contributed by atoms with Crippen LogP contribution in [0.2, 0.25) is 0 Å². The molecule has 0 aliphatic heterocycles. The fourth-order valence-electron chi connectivity index (χ4n) is 1.16. The molecular weight excluding hydrogens is 128 g/mol. The van der Waals surface area contributed by atoms with Crippen molar-refractivity contribution in [3.05, 3.63) is 11.6 Å². The molecule has 0 saturated heterocycles.